The van der Waals surface area contributed by atoms with E-state index >= 15 is 0 Å². The monoisotopic (exact) mass is 187 g/mol. The predicted octanol–water partition coefficient (Wildman–Crippen LogP) is -0.710. The Morgan fingerprint density at radius 2 is 1.83 bits per heavy atom. The van der Waals surface area contributed by atoms with Gasteiger partial charge in [-0.25, -0.2) is 0 Å². The molecule has 0 aromatic rings. The minimum absolute atomic E-state index is 0.244. The third-order valence-corrected chi connectivity index (χ3v) is 2.26. The molecule has 1 rings (SSSR count). The average molecular weight is 187 g/mol. The first-order chi connectivity index (χ1) is 5.61. The van der Waals surface area contributed by atoms with Crippen molar-refractivity contribution in [2.75, 3.05) is 18.6 Å². The SMILES string of the molecule is CS(=O)CCN1C(=O)C=CC1=O. The van der Waals surface area contributed by atoms with E-state index < -0.39 is 10.8 Å². The van der Waals surface area contributed by atoms with Gasteiger partial charge in [0.15, 0.2) is 0 Å². The first-order valence-electron chi connectivity index (χ1n) is 3.45. The van der Waals surface area contributed by atoms with Crippen molar-refractivity contribution in [2.45, 2.75) is 0 Å². The fraction of sp³-hybridized carbons (Fsp3) is 0.429. The Kier molecular flexibility index (Phi) is 2.75. The van der Waals surface area contributed by atoms with Crippen molar-refractivity contribution in [3.8, 4) is 0 Å². The highest BCUT2D eigenvalue weighted by molar-refractivity contribution is 7.84. The number of nitrogens with zero attached hydrogens (tertiary/aromatic N) is 1. The lowest BCUT2D eigenvalue weighted by molar-refractivity contribution is -0.136. The molecule has 5 heteroatoms. The summed E-state index contributed by atoms with van der Waals surface area (Å²) in [6.45, 7) is 0.244. The van der Waals surface area contributed by atoms with Gasteiger partial charge in [-0.1, -0.05) is 0 Å². The molecule has 0 fully saturated rings. The number of hydrogen-bond donors (Lipinski definition) is 0. The lowest BCUT2D eigenvalue weighted by atomic mass is 10.5. The molecule has 66 valence electrons. The lowest BCUT2D eigenvalue weighted by Gasteiger charge is -2.11. The van der Waals surface area contributed by atoms with Gasteiger partial charge in [-0.2, -0.15) is 0 Å². The number of imide groups is 1. The van der Waals surface area contributed by atoms with Gasteiger partial charge in [0.05, 0.1) is 0 Å². The van der Waals surface area contributed by atoms with Crippen LogP contribution in [0.25, 0.3) is 0 Å². The molecular formula is C7H9NO3S. The normalized spacial score (nSPS) is 18.9. The summed E-state index contributed by atoms with van der Waals surface area (Å²) in [7, 11) is -0.965. The number of carbonyl (C=O) groups excluding carboxylic acids is 2. The zero-order valence-corrected chi connectivity index (χ0v) is 7.47. The van der Waals surface area contributed by atoms with Crippen molar-refractivity contribution >= 4 is 22.6 Å². The van der Waals surface area contributed by atoms with Crippen LogP contribution >= 0.6 is 0 Å². The zero-order chi connectivity index (χ0) is 9.14. The summed E-state index contributed by atoms with van der Waals surface area (Å²) in [5.41, 5.74) is 0. The smallest absolute Gasteiger partial charge is 0.253 e. The highest BCUT2D eigenvalue weighted by Crippen LogP contribution is 2.02. The van der Waals surface area contributed by atoms with Gasteiger partial charge in [0.25, 0.3) is 11.8 Å². The summed E-state index contributed by atoms with van der Waals surface area (Å²) < 4.78 is 10.7. The molecule has 0 N–H and O–H groups in total. The quantitative estimate of drug-likeness (QED) is 0.548. The molecular weight excluding hydrogens is 178 g/mol. The van der Waals surface area contributed by atoms with Crippen LogP contribution in [0, 0.1) is 0 Å². The van der Waals surface area contributed by atoms with E-state index in [1.807, 2.05) is 0 Å². The maximum atomic E-state index is 10.9. The second kappa shape index (κ2) is 3.62. The Hall–Kier alpha value is -0.970. The van der Waals surface area contributed by atoms with Crippen molar-refractivity contribution in [1.82, 2.24) is 4.90 Å². The zero-order valence-electron chi connectivity index (χ0n) is 6.65. The third-order valence-electron chi connectivity index (χ3n) is 1.50. The first kappa shape index (κ1) is 9.12. The molecule has 1 aliphatic heterocycles. The largest absolute Gasteiger partial charge is 0.274 e. The Morgan fingerprint density at radius 3 is 2.25 bits per heavy atom. The third kappa shape index (κ3) is 2.01. The topological polar surface area (TPSA) is 54.5 Å². The Bertz CT molecular complexity index is 254. The standard InChI is InChI=1S/C7H9NO3S/c1-12(11)5-4-8-6(9)2-3-7(8)10/h2-3H,4-5H2,1H3. The van der Waals surface area contributed by atoms with Crippen LogP contribution in [0.4, 0.5) is 0 Å². The summed E-state index contributed by atoms with van der Waals surface area (Å²) in [4.78, 5) is 22.9. The number of amides is 2. The minimum Gasteiger partial charge on any atom is -0.274 e. The summed E-state index contributed by atoms with van der Waals surface area (Å²) >= 11 is 0. The molecule has 0 bridgehead atoms. The van der Waals surface area contributed by atoms with Gasteiger partial charge in [-0.3, -0.25) is 18.7 Å². The van der Waals surface area contributed by atoms with Gasteiger partial charge < -0.3 is 0 Å². The minimum atomic E-state index is -0.965. The lowest BCUT2D eigenvalue weighted by Crippen LogP contribution is -2.33. The van der Waals surface area contributed by atoms with E-state index in [1.54, 1.807) is 6.26 Å². The first-order valence-corrected chi connectivity index (χ1v) is 5.17. The van der Waals surface area contributed by atoms with Crippen LogP contribution in [0.5, 0.6) is 0 Å². The summed E-state index contributed by atoms with van der Waals surface area (Å²) in [6.07, 6.45) is 3.99. The molecule has 4 nitrogen and oxygen atoms in total. The van der Waals surface area contributed by atoms with Crippen LogP contribution in [0.15, 0.2) is 12.2 Å². The van der Waals surface area contributed by atoms with Crippen molar-refractivity contribution in [1.29, 1.82) is 0 Å². The molecule has 0 saturated heterocycles. The molecule has 0 aromatic heterocycles. The van der Waals surface area contributed by atoms with Gasteiger partial charge in [0, 0.05) is 41.5 Å². The molecule has 0 aliphatic carbocycles. The maximum absolute atomic E-state index is 10.9. The van der Waals surface area contributed by atoms with E-state index in [-0.39, 0.29) is 18.4 Å². The van der Waals surface area contributed by atoms with Crippen molar-refractivity contribution in [3.05, 3.63) is 12.2 Å². The number of carbonyl (C=O) groups is 2. The van der Waals surface area contributed by atoms with Crippen LogP contribution in [-0.4, -0.2) is 39.5 Å². The second-order valence-electron chi connectivity index (χ2n) is 2.44. The van der Waals surface area contributed by atoms with Gasteiger partial charge in [-0.15, -0.1) is 0 Å². The van der Waals surface area contributed by atoms with E-state index in [0.29, 0.717) is 5.75 Å². The fourth-order valence-corrected chi connectivity index (χ4v) is 1.31. The Morgan fingerprint density at radius 1 is 1.33 bits per heavy atom. The van der Waals surface area contributed by atoms with Crippen LogP contribution < -0.4 is 0 Å². The van der Waals surface area contributed by atoms with Crippen LogP contribution in [0.1, 0.15) is 0 Å². The molecule has 0 radical (unpaired) electrons. The van der Waals surface area contributed by atoms with Gasteiger partial charge >= 0.3 is 0 Å². The molecule has 1 unspecified atom stereocenters. The second-order valence-corrected chi connectivity index (χ2v) is 3.99. The van der Waals surface area contributed by atoms with Crippen molar-refractivity contribution < 1.29 is 13.8 Å². The molecule has 0 spiro atoms. The summed E-state index contributed by atoms with van der Waals surface area (Å²) in [6, 6.07) is 0. The number of rotatable bonds is 3. The van der Waals surface area contributed by atoms with Gasteiger partial charge in [-0.05, 0) is 0 Å². The highest BCUT2D eigenvalue weighted by atomic mass is 32.2. The summed E-state index contributed by atoms with van der Waals surface area (Å²) in [5, 5.41) is 0. The van der Waals surface area contributed by atoms with Crippen molar-refractivity contribution in [3.63, 3.8) is 0 Å². The number of hydrogen-bond acceptors (Lipinski definition) is 3. The molecule has 1 aliphatic rings. The molecule has 0 aromatic carbocycles. The molecule has 0 saturated carbocycles. The molecule has 1 heterocycles. The Balaban J connectivity index is 2.48. The predicted molar refractivity (Wildman–Crippen MR) is 44.8 cm³/mol. The summed E-state index contributed by atoms with van der Waals surface area (Å²) in [5.74, 6) is -0.282. The molecule has 12 heavy (non-hydrogen) atoms. The maximum Gasteiger partial charge on any atom is 0.253 e. The van der Waals surface area contributed by atoms with E-state index in [0.717, 1.165) is 4.90 Å². The van der Waals surface area contributed by atoms with Crippen molar-refractivity contribution in [2.24, 2.45) is 0 Å². The fourth-order valence-electron chi connectivity index (χ4n) is 0.871. The van der Waals surface area contributed by atoms with E-state index in [4.69, 9.17) is 0 Å². The van der Waals surface area contributed by atoms with Crippen LogP contribution in [-0.2, 0) is 20.4 Å². The Labute approximate surface area is 72.7 Å². The van der Waals surface area contributed by atoms with E-state index in [9.17, 15) is 13.8 Å². The van der Waals surface area contributed by atoms with Gasteiger partial charge in [0.1, 0.15) is 0 Å². The molecule has 1 atom stereocenters. The average Bonchev–Trinajstić information content (AvgIpc) is 2.28. The van der Waals surface area contributed by atoms with E-state index in [1.165, 1.54) is 12.2 Å². The van der Waals surface area contributed by atoms with Gasteiger partial charge in [0.2, 0.25) is 0 Å². The van der Waals surface area contributed by atoms with E-state index in [2.05, 4.69) is 0 Å². The van der Waals surface area contributed by atoms with Crippen LogP contribution in [0.3, 0.4) is 0 Å². The van der Waals surface area contributed by atoms with Crippen LogP contribution in [0.2, 0.25) is 0 Å². The molecule has 2 amide bonds. The highest BCUT2D eigenvalue weighted by Gasteiger charge is 2.22.